The van der Waals surface area contributed by atoms with E-state index in [1.807, 2.05) is 4.90 Å². The second kappa shape index (κ2) is 7.94. The average Bonchev–Trinajstić information content (AvgIpc) is 3.16. The number of ether oxygens (including phenoxy) is 3. The lowest BCUT2D eigenvalue weighted by Gasteiger charge is -2.37. The molecule has 6 nitrogen and oxygen atoms in total. The summed E-state index contributed by atoms with van der Waals surface area (Å²) in [5.41, 5.74) is 2.45. The van der Waals surface area contributed by atoms with Crippen molar-refractivity contribution in [1.29, 1.82) is 0 Å². The van der Waals surface area contributed by atoms with Crippen molar-refractivity contribution in [3.63, 3.8) is 0 Å². The SMILES string of the molecule is O=C(CCc1ccc(N2CCOCC2)cc1)N1CCC2(CC1)OCCO2. The third-order valence-electron chi connectivity index (χ3n) is 5.63. The van der Waals surface area contributed by atoms with Gasteiger partial charge >= 0.3 is 0 Å². The molecule has 0 aromatic heterocycles. The molecule has 3 fully saturated rings. The molecule has 0 atom stereocenters. The first-order valence-electron chi connectivity index (χ1n) is 9.71. The Bertz CT molecular complexity index is 597. The van der Waals surface area contributed by atoms with Gasteiger partial charge in [-0.1, -0.05) is 12.1 Å². The van der Waals surface area contributed by atoms with Gasteiger partial charge in [-0.2, -0.15) is 0 Å². The Hall–Kier alpha value is -1.63. The normalized spacial score (nSPS) is 22.8. The van der Waals surface area contributed by atoms with E-state index in [2.05, 4.69) is 29.2 Å². The summed E-state index contributed by atoms with van der Waals surface area (Å²) in [7, 11) is 0. The molecular formula is C20H28N2O4. The van der Waals surface area contributed by atoms with Gasteiger partial charge in [0.05, 0.1) is 26.4 Å². The zero-order valence-corrected chi connectivity index (χ0v) is 15.3. The number of amides is 1. The summed E-state index contributed by atoms with van der Waals surface area (Å²) >= 11 is 0. The van der Waals surface area contributed by atoms with Crippen LogP contribution in [0.2, 0.25) is 0 Å². The van der Waals surface area contributed by atoms with Crippen LogP contribution in [0.3, 0.4) is 0 Å². The van der Waals surface area contributed by atoms with Crippen molar-refractivity contribution in [1.82, 2.24) is 4.90 Å². The number of hydrogen-bond donors (Lipinski definition) is 0. The van der Waals surface area contributed by atoms with Gasteiger partial charge in [-0.25, -0.2) is 0 Å². The van der Waals surface area contributed by atoms with E-state index in [9.17, 15) is 4.79 Å². The molecule has 26 heavy (non-hydrogen) atoms. The van der Waals surface area contributed by atoms with Crippen LogP contribution in [0.5, 0.6) is 0 Å². The minimum absolute atomic E-state index is 0.232. The average molecular weight is 360 g/mol. The predicted octanol–water partition coefficient (Wildman–Crippen LogP) is 1.82. The summed E-state index contributed by atoms with van der Waals surface area (Å²) in [5, 5.41) is 0. The molecule has 1 aromatic carbocycles. The molecule has 3 saturated heterocycles. The van der Waals surface area contributed by atoms with Crippen LogP contribution in [-0.4, -0.2) is 69.2 Å². The fraction of sp³-hybridized carbons (Fsp3) is 0.650. The van der Waals surface area contributed by atoms with E-state index in [0.717, 1.165) is 58.7 Å². The first-order valence-corrected chi connectivity index (χ1v) is 9.71. The molecule has 4 rings (SSSR count). The number of carbonyl (C=O) groups excluding carboxylic acids is 1. The van der Waals surface area contributed by atoms with Crippen molar-refractivity contribution in [3.8, 4) is 0 Å². The van der Waals surface area contributed by atoms with Crippen LogP contribution in [0.25, 0.3) is 0 Å². The molecule has 0 unspecified atom stereocenters. The quantitative estimate of drug-likeness (QED) is 0.820. The number of rotatable bonds is 4. The molecule has 1 amide bonds. The van der Waals surface area contributed by atoms with Crippen LogP contribution in [0.1, 0.15) is 24.8 Å². The summed E-state index contributed by atoms with van der Waals surface area (Å²) in [6.07, 6.45) is 2.92. The van der Waals surface area contributed by atoms with Gasteiger partial charge in [-0.3, -0.25) is 4.79 Å². The monoisotopic (exact) mass is 360 g/mol. The van der Waals surface area contributed by atoms with Gasteiger partial charge in [0.15, 0.2) is 5.79 Å². The van der Waals surface area contributed by atoms with Gasteiger partial charge < -0.3 is 24.0 Å². The first-order chi connectivity index (χ1) is 12.7. The second-order valence-corrected chi connectivity index (χ2v) is 7.25. The second-order valence-electron chi connectivity index (χ2n) is 7.25. The van der Waals surface area contributed by atoms with Gasteiger partial charge in [0.25, 0.3) is 0 Å². The van der Waals surface area contributed by atoms with E-state index in [-0.39, 0.29) is 5.91 Å². The lowest BCUT2D eigenvalue weighted by Crippen LogP contribution is -2.47. The Morgan fingerprint density at radius 1 is 0.923 bits per heavy atom. The Morgan fingerprint density at radius 3 is 2.23 bits per heavy atom. The molecule has 6 heteroatoms. The van der Waals surface area contributed by atoms with Gasteiger partial charge in [0.1, 0.15) is 0 Å². The molecule has 0 saturated carbocycles. The number of carbonyl (C=O) groups is 1. The maximum absolute atomic E-state index is 12.5. The van der Waals surface area contributed by atoms with Crippen molar-refractivity contribution in [2.24, 2.45) is 0 Å². The summed E-state index contributed by atoms with van der Waals surface area (Å²) in [5.74, 6) is -0.179. The Labute approximate surface area is 155 Å². The van der Waals surface area contributed by atoms with Gasteiger partial charge in [-0.05, 0) is 24.1 Å². The van der Waals surface area contributed by atoms with Crippen LogP contribution >= 0.6 is 0 Å². The van der Waals surface area contributed by atoms with E-state index in [4.69, 9.17) is 14.2 Å². The third-order valence-corrected chi connectivity index (χ3v) is 5.63. The van der Waals surface area contributed by atoms with Gasteiger partial charge in [0, 0.05) is 51.1 Å². The number of likely N-dealkylation sites (tertiary alicyclic amines) is 1. The molecule has 3 aliphatic rings. The summed E-state index contributed by atoms with van der Waals surface area (Å²) in [4.78, 5) is 16.8. The highest BCUT2D eigenvalue weighted by Gasteiger charge is 2.40. The molecule has 1 aromatic rings. The summed E-state index contributed by atoms with van der Waals surface area (Å²) in [6.45, 7) is 6.29. The zero-order valence-electron chi connectivity index (χ0n) is 15.3. The maximum Gasteiger partial charge on any atom is 0.222 e. The molecule has 3 heterocycles. The molecule has 3 aliphatic heterocycles. The van der Waals surface area contributed by atoms with E-state index in [1.165, 1.54) is 11.3 Å². The van der Waals surface area contributed by atoms with Crippen LogP contribution in [0.4, 0.5) is 5.69 Å². The molecule has 0 radical (unpaired) electrons. The topological polar surface area (TPSA) is 51.2 Å². The van der Waals surface area contributed by atoms with Gasteiger partial charge in [-0.15, -0.1) is 0 Å². The number of nitrogens with zero attached hydrogens (tertiary/aromatic N) is 2. The first kappa shape index (κ1) is 17.8. The summed E-state index contributed by atoms with van der Waals surface area (Å²) < 4.78 is 16.9. The highest BCUT2D eigenvalue weighted by Crippen LogP contribution is 2.31. The Kier molecular flexibility index (Phi) is 5.43. The highest BCUT2D eigenvalue weighted by atomic mass is 16.7. The lowest BCUT2D eigenvalue weighted by molar-refractivity contribution is -0.187. The predicted molar refractivity (Wildman–Crippen MR) is 98.2 cm³/mol. The zero-order chi connectivity index (χ0) is 17.8. The molecule has 0 N–H and O–H groups in total. The number of morpholine rings is 1. The summed E-state index contributed by atoms with van der Waals surface area (Å²) in [6, 6.07) is 8.60. The molecule has 0 aliphatic carbocycles. The molecule has 142 valence electrons. The molecular weight excluding hydrogens is 332 g/mol. The Morgan fingerprint density at radius 2 is 1.58 bits per heavy atom. The minimum atomic E-state index is -0.411. The Balaban J connectivity index is 1.24. The number of benzene rings is 1. The van der Waals surface area contributed by atoms with Crippen molar-refractivity contribution >= 4 is 11.6 Å². The number of hydrogen-bond acceptors (Lipinski definition) is 5. The van der Waals surface area contributed by atoms with Crippen molar-refractivity contribution < 1.29 is 19.0 Å². The van der Waals surface area contributed by atoms with E-state index in [1.54, 1.807) is 0 Å². The highest BCUT2D eigenvalue weighted by molar-refractivity contribution is 5.76. The maximum atomic E-state index is 12.5. The molecule has 1 spiro atoms. The van der Waals surface area contributed by atoms with E-state index in [0.29, 0.717) is 19.6 Å². The van der Waals surface area contributed by atoms with E-state index < -0.39 is 5.79 Å². The standard InChI is InChI=1S/C20H28N2O4/c23-19(22-9-7-20(8-10-22)25-15-16-26-20)6-3-17-1-4-18(5-2-17)21-11-13-24-14-12-21/h1-2,4-5H,3,6-16H2. The van der Waals surface area contributed by atoms with Crippen LogP contribution in [0.15, 0.2) is 24.3 Å². The van der Waals surface area contributed by atoms with Crippen molar-refractivity contribution in [2.75, 3.05) is 57.5 Å². The largest absolute Gasteiger partial charge is 0.378 e. The lowest BCUT2D eigenvalue weighted by atomic mass is 10.0. The van der Waals surface area contributed by atoms with Crippen LogP contribution < -0.4 is 4.90 Å². The number of aryl methyl sites for hydroxylation is 1. The van der Waals surface area contributed by atoms with Crippen LogP contribution in [-0.2, 0) is 25.4 Å². The molecule has 0 bridgehead atoms. The fourth-order valence-corrected chi connectivity index (χ4v) is 3.99. The van der Waals surface area contributed by atoms with Gasteiger partial charge in [0.2, 0.25) is 5.91 Å². The minimum Gasteiger partial charge on any atom is -0.378 e. The fourth-order valence-electron chi connectivity index (χ4n) is 3.99. The number of anilines is 1. The smallest absolute Gasteiger partial charge is 0.222 e. The van der Waals surface area contributed by atoms with Crippen molar-refractivity contribution in [3.05, 3.63) is 29.8 Å². The third kappa shape index (κ3) is 4.03. The van der Waals surface area contributed by atoms with E-state index >= 15 is 0 Å². The van der Waals surface area contributed by atoms with Crippen molar-refractivity contribution in [2.45, 2.75) is 31.5 Å². The number of piperidine rings is 1. The van der Waals surface area contributed by atoms with Crippen LogP contribution in [0, 0.1) is 0 Å².